The van der Waals surface area contributed by atoms with E-state index < -0.39 is 0 Å². The van der Waals surface area contributed by atoms with Gasteiger partial charge in [-0.25, -0.2) is 4.39 Å². The monoisotopic (exact) mass is 419 g/mol. The Morgan fingerprint density at radius 3 is 2.59 bits per heavy atom. The van der Waals surface area contributed by atoms with Crippen LogP contribution in [-0.4, -0.2) is 29.7 Å². The summed E-state index contributed by atoms with van der Waals surface area (Å²) in [6.45, 7) is 2.87. The summed E-state index contributed by atoms with van der Waals surface area (Å²) >= 11 is 0. The van der Waals surface area contributed by atoms with Crippen LogP contribution in [0.25, 0.3) is 0 Å². The van der Waals surface area contributed by atoms with Crippen LogP contribution in [0.3, 0.4) is 0 Å². The van der Waals surface area contributed by atoms with E-state index in [-0.39, 0.29) is 29.8 Å². The Hall–Kier alpha value is -1.71. The van der Waals surface area contributed by atoms with E-state index in [0.717, 1.165) is 12.0 Å². The molecule has 6 nitrogen and oxygen atoms in total. The number of hydrogen-bond acceptors (Lipinski definition) is 4. The molecular formula is C14H19FIN5O. The Kier molecular flexibility index (Phi) is 7.78. The highest BCUT2D eigenvalue weighted by Gasteiger charge is 2.04. The van der Waals surface area contributed by atoms with Gasteiger partial charge in [0.1, 0.15) is 5.82 Å². The lowest BCUT2D eigenvalue weighted by Gasteiger charge is -2.10. The van der Waals surface area contributed by atoms with Gasteiger partial charge in [0.15, 0.2) is 11.8 Å². The van der Waals surface area contributed by atoms with Crippen LogP contribution in [-0.2, 0) is 13.0 Å². The number of hydrogen-bond donors (Lipinski definition) is 2. The molecule has 8 heteroatoms. The second kappa shape index (κ2) is 9.34. The Bertz CT molecular complexity index is 600. The van der Waals surface area contributed by atoms with E-state index in [4.69, 9.17) is 4.52 Å². The van der Waals surface area contributed by atoms with Crippen molar-refractivity contribution in [1.82, 2.24) is 20.8 Å². The summed E-state index contributed by atoms with van der Waals surface area (Å²) in [5.41, 5.74) is 1.06. The quantitative estimate of drug-likeness (QED) is 0.441. The number of halogens is 2. The fourth-order valence-corrected chi connectivity index (χ4v) is 1.77. The largest absolute Gasteiger partial charge is 0.356 e. The molecule has 0 amide bonds. The average Bonchev–Trinajstić information content (AvgIpc) is 2.90. The lowest BCUT2D eigenvalue weighted by Crippen LogP contribution is -2.37. The highest BCUT2D eigenvalue weighted by atomic mass is 127. The normalized spacial score (nSPS) is 11.0. The van der Waals surface area contributed by atoms with Crippen LogP contribution in [0.5, 0.6) is 0 Å². The Balaban J connectivity index is 0.00000242. The van der Waals surface area contributed by atoms with Gasteiger partial charge >= 0.3 is 0 Å². The van der Waals surface area contributed by atoms with Crippen molar-refractivity contribution in [3.05, 3.63) is 47.4 Å². The lowest BCUT2D eigenvalue weighted by atomic mass is 10.1. The van der Waals surface area contributed by atoms with Crippen LogP contribution in [0.1, 0.15) is 17.3 Å². The van der Waals surface area contributed by atoms with Crippen LogP contribution in [0.2, 0.25) is 0 Å². The van der Waals surface area contributed by atoms with Crippen molar-refractivity contribution in [1.29, 1.82) is 0 Å². The van der Waals surface area contributed by atoms with E-state index in [1.807, 2.05) is 0 Å². The molecule has 0 atom stereocenters. The van der Waals surface area contributed by atoms with Gasteiger partial charge in [-0.1, -0.05) is 17.3 Å². The predicted octanol–water partition coefficient (Wildman–Crippen LogP) is 2.04. The summed E-state index contributed by atoms with van der Waals surface area (Å²) < 4.78 is 17.8. The molecule has 120 valence electrons. The van der Waals surface area contributed by atoms with Gasteiger partial charge in [0.25, 0.3) is 0 Å². The van der Waals surface area contributed by atoms with E-state index in [0.29, 0.717) is 30.8 Å². The SMILES string of the molecule is CN=C(NCCc1ccc(F)cc1)NCc1nc(C)no1.I. The molecule has 1 aromatic heterocycles. The first-order valence-electron chi connectivity index (χ1n) is 6.65. The minimum Gasteiger partial charge on any atom is -0.356 e. The molecule has 22 heavy (non-hydrogen) atoms. The molecule has 2 N–H and O–H groups in total. The van der Waals surface area contributed by atoms with Crippen LogP contribution < -0.4 is 10.6 Å². The van der Waals surface area contributed by atoms with Crippen LogP contribution >= 0.6 is 24.0 Å². The number of aromatic nitrogens is 2. The molecule has 0 bridgehead atoms. The third-order valence-electron chi connectivity index (χ3n) is 2.82. The highest BCUT2D eigenvalue weighted by molar-refractivity contribution is 14.0. The van der Waals surface area contributed by atoms with Gasteiger partial charge in [0, 0.05) is 13.6 Å². The molecule has 0 saturated heterocycles. The Morgan fingerprint density at radius 2 is 2.00 bits per heavy atom. The highest BCUT2D eigenvalue weighted by Crippen LogP contribution is 2.02. The average molecular weight is 419 g/mol. The molecule has 0 aliphatic carbocycles. The summed E-state index contributed by atoms with van der Waals surface area (Å²) in [6.07, 6.45) is 0.778. The molecule has 0 aliphatic heterocycles. The van der Waals surface area contributed by atoms with Crippen molar-refractivity contribution in [3.8, 4) is 0 Å². The van der Waals surface area contributed by atoms with Crippen molar-refractivity contribution in [2.24, 2.45) is 4.99 Å². The smallest absolute Gasteiger partial charge is 0.246 e. The van der Waals surface area contributed by atoms with Crippen molar-refractivity contribution in [2.45, 2.75) is 19.9 Å². The van der Waals surface area contributed by atoms with Crippen LogP contribution in [0, 0.1) is 12.7 Å². The fourth-order valence-electron chi connectivity index (χ4n) is 1.77. The van der Waals surface area contributed by atoms with E-state index in [2.05, 4.69) is 25.8 Å². The summed E-state index contributed by atoms with van der Waals surface area (Å²) in [5.74, 6) is 1.53. The maximum atomic E-state index is 12.8. The first kappa shape index (κ1) is 18.3. The molecule has 0 aliphatic rings. The van der Waals surface area contributed by atoms with Gasteiger partial charge in [-0.15, -0.1) is 24.0 Å². The second-order valence-corrected chi connectivity index (χ2v) is 4.46. The molecule has 0 radical (unpaired) electrons. The van der Waals surface area contributed by atoms with E-state index in [1.54, 1.807) is 26.1 Å². The maximum absolute atomic E-state index is 12.8. The van der Waals surface area contributed by atoms with Crippen molar-refractivity contribution in [3.63, 3.8) is 0 Å². The van der Waals surface area contributed by atoms with Gasteiger partial charge in [-0.2, -0.15) is 4.98 Å². The third-order valence-corrected chi connectivity index (χ3v) is 2.82. The number of aliphatic imine (C=N–C) groups is 1. The van der Waals surface area contributed by atoms with E-state index in [9.17, 15) is 4.39 Å². The number of nitrogens with zero attached hydrogens (tertiary/aromatic N) is 3. The fraction of sp³-hybridized carbons (Fsp3) is 0.357. The number of benzene rings is 1. The number of guanidine groups is 1. The summed E-state index contributed by atoms with van der Waals surface area (Å²) in [4.78, 5) is 8.19. The van der Waals surface area contributed by atoms with Gasteiger partial charge < -0.3 is 15.2 Å². The van der Waals surface area contributed by atoms with Gasteiger partial charge in [0.05, 0.1) is 6.54 Å². The molecule has 0 saturated carbocycles. The van der Waals surface area contributed by atoms with Crippen LogP contribution in [0.15, 0.2) is 33.8 Å². The lowest BCUT2D eigenvalue weighted by molar-refractivity contribution is 0.371. The van der Waals surface area contributed by atoms with Crippen molar-refractivity contribution >= 4 is 29.9 Å². The number of nitrogens with one attached hydrogen (secondary N) is 2. The standard InChI is InChI=1S/C14H18FN5O.HI/c1-10-19-13(21-20-10)9-18-14(16-2)17-8-7-11-3-5-12(15)6-4-11;/h3-6H,7-9H2,1-2H3,(H2,16,17,18);1H. The zero-order valence-electron chi connectivity index (χ0n) is 12.5. The van der Waals surface area contributed by atoms with Gasteiger partial charge in [-0.05, 0) is 31.0 Å². The van der Waals surface area contributed by atoms with E-state index in [1.165, 1.54) is 12.1 Å². The third kappa shape index (κ3) is 5.96. The molecule has 0 fully saturated rings. The summed E-state index contributed by atoms with van der Waals surface area (Å²) in [7, 11) is 1.69. The summed E-state index contributed by atoms with van der Waals surface area (Å²) in [5, 5.41) is 9.95. The summed E-state index contributed by atoms with van der Waals surface area (Å²) in [6, 6.07) is 6.46. The van der Waals surface area contributed by atoms with Crippen molar-refractivity contribution in [2.75, 3.05) is 13.6 Å². The Labute approximate surface area is 145 Å². The molecule has 1 heterocycles. The van der Waals surface area contributed by atoms with Gasteiger partial charge in [-0.3, -0.25) is 4.99 Å². The van der Waals surface area contributed by atoms with Crippen LogP contribution in [0.4, 0.5) is 4.39 Å². The molecule has 0 spiro atoms. The minimum absolute atomic E-state index is 0. The van der Waals surface area contributed by atoms with Gasteiger partial charge in [0.2, 0.25) is 5.89 Å². The zero-order valence-corrected chi connectivity index (χ0v) is 14.8. The van der Waals surface area contributed by atoms with E-state index >= 15 is 0 Å². The molecule has 0 unspecified atom stereocenters. The zero-order chi connectivity index (χ0) is 15.1. The Morgan fingerprint density at radius 1 is 1.27 bits per heavy atom. The minimum atomic E-state index is -0.223. The maximum Gasteiger partial charge on any atom is 0.246 e. The molecule has 1 aromatic carbocycles. The first-order chi connectivity index (χ1) is 10.2. The van der Waals surface area contributed by atoms with Crippen molar-refractivity contribution < 1.29 is 8.91 Å². The number of rotatable bonds is 5. The second-order valence-electron chi connectivity index (χ2n) is 4.46. The molecule has 2 aromatic rings. The predicted molar refractivity (Wildman–Crippen MR) is 92.8 cm³/mol. The number of aryl methyl sites for hydroxylation is 1. The molecular weight excluding hydrogens is 400 g/mol. The molecule has 2 rings (SSSR count). The topological polar surface area (TPSA) is 75.3 Å². The first-order valence-corrected chi connectivity index (χ1v) is 6.65.